The molecule has 1 N–H and O–H groups in total. The highest BCUT2D eigenvalue weighted by Gasteiger charge is 2.31. The molecule has 0 amide bonds. The van der Waals surface area contributed by atoms with Crippen molar-refractivity contribution < 1.29 is 0 Å². The van der Waals surface area contributed by atoms with Crippen molar-refractivity contribution in [3.8, 4) is 0 Å². The van der Waals surface area contributed by atoms with Crippen molar-refractivity contribution in [2.45, 2.75) is 26.3 Å². The average molecular weight is 213 g/mol. The van der Waals surface area contributed by atoms with Crippen LogP contribution in [0.25, 0.3) is 0 Å². The van der Waals surface area contributed by atoms with Gasteiger partial charge in [0.1, 0.15) is 0 Å². The largest absolute Gasteiger partial charge is 0.319 e. The van der Waals surface area contributed by atoms with Gasteiger partial charge < -0.3 is 5.32 Å². The molecule has 1 atom stereocenters. The molecule has 1 aliphatic rings. The molecule has 1 unspecified atom stereocenters. The monoisotopic (exact) mass is 213 g/mol. The van der Waals surface area contributed by atoms with Gasteiger partial charge in [0.25, 0.3) is 0 Å². The summed E-state index contributed by atoms with van der Waals surface area (Å²) >= 11 is 0. The van der Waals surface area contributed by atoms with Crippen molar-refractivity contribution in [1.82, 2.24) is 15.1 Å². The number of nitrogens with zero attached hydrogens (tertiary/aromatic N) is 2. The molecule has 1 saturated heterocycles. The number of hydrogen-bond donors (Lipinski definition) is 1. The van der Waals surface area contributed by atoms with E-state index in [-0.39, 0.29) is 0 Å². The van der Waals surface area contributed by atoms with Crippen LogP contribution >= 0.6 is 0 Å². The summed E-state index contributed by atoms with van der Waals surface area (Å²) in [5.41, 5.74) is 0.331. The third-order valence-electron chi connectivity index (χ3n) is 3.52. The highest BCUT2D eigenvalue weighted by Crippen LogP contribution is 2.19. The quantitative estimate of drug-likeness (QED) is 0.747. The molecule has 0 radical (unpaired) electrons. The van der Waals surface area contributed by atoms with Gasteiger partial charge in [-0.05, 0) is 40.4 Å². The Morgan fingerprint density at radius 2 is 2.00 bits per heavy atom. The van der Waals surface area contributed by atoms with E-state index in [9.17, 15) is 0 Å². The second-order valence-corrected chi connectivity index (χ2v) is 5.63. The molecular weight excluding hydrogens is 186 g/mol. The summed E-state index contributed by atoms with van der Waals surface area (Å²) < 4.78 is 0. The van der Waals surface area contributed by atoms with Crippen LogP contribution in [0.1, 0.15) is 20.8 Å². The van der Waals surface area contributed by atoms with Crippen LogP contribution in [-0.2, 0) is 0 Å². The van der Waals surface area contributed by atoms with Crippen LogP contribution in [0.4, 0.5) is 0 Å². The molecule has 15 heavy (non-hydrogen) atoms. The summed E-state index contributed by atoms with van der Waals surface area (Å²) in [6, 6.07) is 0. The third kappa shape index (κ3) is 3.74. The van der Waals surface area contributed by atoms with Crippen LogP contribution in [0.3, 0.4) is 0 Å². The Morgan fingerprint density at radius 3 is 2.53 bits per heavy atom. The van der Waals surface area contributed by atoms with Crippen molar-refractivity contribution >= 4 is 0 Å². The average Bonchev–Trinajstić information content (AvgIpc) is 2.11. The van der Waals surface area contributed by atoms with E-state index in [1.807, 2.05) is 7.05 Å². The minimum absolute atomic E-state index is 0.331. The standard InChI is InChI=1S/C12H27N3/c1-11(8-13-4)9-15-7-6-14(5)12(2,3)10-15/h11,13H,6-10H2,1-5H3. The lowest BCUT2D eigenvalue weighted by atomic mass is 9.99. The van der Waals surface area contributed by atoms with Gasteiger partial charge in [-0.15, -0.1) is 0 Å². The lowest BCUT2D eigenvalue weighted by Gasteiger charge is -2.46. The van der Waals surface area contributed by atoms with Crippen LogP contribution < -0.4 is 5.32 Å². The molecule has 0 saturated carbocycles. The number of hydrogen-bond acceptors (Lipinski definition) is 3. The molecule has 0 bridgehead atoms. The van der Waals surface area contributed by atoms with Crippen molar-refractivity contribution in [2.75, 3.05) is 46.8 Å². The van der Waals surface area contributed by atoms with Gasteiger partial charge in [0.15, 0.2) is 0 Å². The van der Waals surface area contributed by atoms with Gasteiger partial charge in [-0.2, -0.15) is 0 Å². The molecule has 0 aromatic carbocycles. The number of piperazine rings is 1. The summed E-state index contributed by atoms with van der Waals surface area (Å²) in [6.45, 7) is 12.9. The maximum absolute atomic E-state index is 3.25. The number of rotatable bonds is 4. The van der Waals surface area contributed by atoms with Crippen LogP contribution in [0.2, 0.25) is 0 Å². The molecule has 0 spiro atoms. The topological polar surface area (TPSA) is 18.5 Å². The SMILES string of the molecule is CNCC(C)CN1CCN(C)C(C)(C)C1. The van der Waals surface area contributed by atoms with E-state index in [1.165, 1.54) is 26.2 Å². The Morgan fingerprint density at radius 1 is 1.33 bits per heavy atom. The zero-order chi connectivity index (χ0) is 11.5. The predicted molar refractivity (Wildman–Crippen MR) is 66.2 cm³/mol. The van der Waals surface area contributed by atoms with E-state index >= 15 is 0 Å². The van der Waals surface area contributed by atoms with E-state index in [2.05, 4.69) is 42.9 Å². The first-order valence-electron chi connectivity index (χ1n) is 6.04. The minimum atomic E-state index is 0.331. The van der Waals surface area contributed by atoms with Gasteiger partial charge in [0.2, 0.25) is 0 Å². The molecule has 1 heterocycles. The van der Waals surface area contributed by atoms with E-state index < -0.39 is 0 Å². The molecule has 90 valence electrons. The van der Waals surface area contributed by atoms with Crippen molar-refractivity contribution in [3.05, 3.63) is 0 Å². The Kier molecular flexibility index (Phi) is 4.56. The van der Waals surface area contributed by atoms with Crippen molar-refractivity contribution in [1.29, 1.82) is 0 Å². The van der Waals surface area contributed by atoms with Crippen molar-refractivity contribution in [3.63, 3.8) is 0 Å². The van der Waals surface area contributed by atoms with Crippen LogP contribution in [-0.4, -0.2) is 62.2 Å². The normalized spacial score (nSPS) is 25.4. The molecule has 1 aliphatic heterocycles. The first kappa shape index (κ1) is 12.9. The molecular formula is C12H27N3. The fourth-order valence-corrected chi connectivity index (χ4v) is 2.35. The molecule has 3 heteroatoms. The second-order valence-electron chi connectivity index (χ2n) is 5.63. The molecule has 0 aromatic heterocycles. The van der Waals surface area contributed by atoms with Crippen LogP contribution in [0.15, 0.2) is 0 Å². The number of likely N-dealkylation sites (N-methyl/N-ethyl adjacent to an activating group) is 1. The molecule has 0 aromatic rings. The van der Waals surface area contributed by atoms with Crippen LogP contribution in [0, 0.1) is 5.92 Å². The fraction of sp³-hybridized carbons (Fsp3) is 1.00. The van der Waals surface area contributed by atoms with E-state index in [1.54, 1.807) is 0 Å². The maximum Gasteiger partial charge on any atom is 0.0277 e. The fourth-order valence-electron chi connectivity index (χ4n) is 2.35. The van der Waals surface area contributed by atoms with Gasteiger partial charge in [-0.25, -0.2) is 0 Å². The molecule has 1 fully saturated rings. The Hall–Kier alpha value is -0.120. The van der Waals surface area contributed by atoms with E-state index in [0.717, 1.165) is 12.5 Å². The number of nitrogens with one attached hydrogen (secondary N) is 1. The van der Waals surface area contributed by atoms with E-state index in [0.29, 0.717) is 5.54 Å². The van der Waals surface area contributed by atoms with Gasteiger partial charge >= 0.3 is 0 Å². The molecule has 3 nitrogen and oxygen atoms in total. The first-order valence-corrected chi connectivity index (χ1v) is 6.04. The Balaban J connectivity index is 2.38. The molecule has 1 rings (SSSR count). The lowest BCUT2D eigenvalue weighted by molar-refractivity contribution is 0.0334. The van der Waals surface area contributed by atoms with Crippen LogP contribution in [0.5, 0.6) is 0 Å². The lowest BCUT2D eigenvalue weighted by Crippen LogP contribution is -2.58. The van der Waals surface area contributed by atoms with Gasteiger partial charge in [-0.3, -0.25) is 9.80 Å². The zero-order valence-electron chi connectivity index (χ0n) is 11.0. The van der Waals surface area contributed by atoms with Crippen molar-refractivity contribution in [2.24, 2.45) is 5.92 Å². The summed E-state index contributed by atoms with van der Waals surface area (Å²) in [6.07, 6.45) is 0. The predicted octanol–water partition coefficient (Wildman–Crippen LogP) is 0.868. The van der Waals surface area contributed by atoms with Gasteiger partial charge in [0, 0.05) is 31.7 Å². The van der Waals surface area contributed by atoms with Gasteiger partial charge in [-0.1, -0.05) is 6.92 Å². The maximum atomic E-state index is 3.25. The highest BCUT2D eigenvalue weighted by atomic mass is 15.3. The molecule has 0 aliphatic carbocycles. The Labute approximate surface area is 94.8 Å². The summed E-state index contributed by atoms with van der Waals surface area (Å²) in [5.74, 6) is 0.745. The highest BCUT2D eigenvalue weighted by molar-refractivity contribution is 4.88. The minimum Gasteiger partial charge on any atom is -0.319 e. The zero-order valence-corrected chi connectivity index (χ0v) is 11.0. The smallest absolute Gasteiger partial charge is 0.0277 e. The Bertz CT molecular complexity index is 191. The van der Waals surface area contributed by atoms with Gasteiger partial charge in [0.05, 0.1) is 0 Å². The second kappa shape index (κ2) is 5.28. The first-order chi connectivity index (χ1) is 6.95. The summed E-state index contributed by atoms with van der Waals surface area (Å²) in [5, 5.41) is 3.25. The summed E-state index contributed by atoms with van der Waals surface area (Å²) in [4.78, 5) is 5.06. The summed E-state index contributed by atoms with van der Waals surface area (Å²) in [7, 11) is 4.26. The third-order valence-corrected chi connectivity index (χ3v) is 3.52. The van der Waals surface area contributed by atoms with E-state index in [4.69, 9.17) is 0 Å².